The Morgan fingerprint density at radius 2 is 2.14 bits per heavy atom. The Bertz CT molecular complexity index is 422. The lowest BCUT2D eigenvalue weighted by molar-refractivity contribution is 0.104. The van der Waals surface area contributed by atoms with Crippen LogP contribution in [0.4, 0.5) is 0 Å². The zero-order valence-electron chi connectivity index (χ0n) is 8.15. The first-order valence-corrected chi connectivity index (χ1v) is 4.45. The maximum atomic E-state index is 10.1. The summed E-state index contributed by atoms with van der Waals surface area (Å²) in [6, 6.07) is 3.48. The highest BCUT2D eigenvalue weighted by Gasteiger charge is 2.62. The minimum Gasteiger partial charge on any atom is -0.383 e. The van der Waals surface area contributed by atoms with Gasteiger partial charge in [0.05, 0.1) is 5.69 Å². The lowest BCUT2D eigenvalue weighted by atomic mass is 10.0. The van der Waals surface area contributed by atoms with Crippen LogP contribution in [-0.2, 0) is 5.60 Å². The number of rotatable bonds is 1. The number of nitriles is 1. The van der Waals surface area contributed by atoms with Crippen LogP contribution in [0, 0.1) is 16.7 Å². The monoisotopic (exact) mass is 189 g/mol. The number of aliphatic hydroxyl groups is 1. The number of hydrogen-bond acceptors (Lipinski definition) is 4. The SMILES string of the molecule is CC1(C)CC1(O)c1cc(C#N)ncn1. The van der Waals surface area contributed by atoms with Crippen molar-refractivity contribution in [2.45, 2.75) is 25.9 Å². The molecular weight excluding hydrogens is 178 g/mol. The van der Waals surface area contributed by atoms with Crippen LogP contribution in [-0.4, -0.2) is 15.1 Å². The summed E-state index contributed by atoms with van der Waals surface area (Å²) in [6.45, 7) is 3.95. The third kappa shape index (κ3) is 1.10. The highest BCUT2D eigenvalue weighted by Crippen LogP contribution is 2.61. The van der Waals surface area contributed by atoms with Gasteiger partial charge in [0, 0.05) is 5.41 Å². The Kier molecular flexibility index (Phi) is 1.64. The Morgan fingerprint density at radius 3 is 2.64 bits per heavy atom. The van der Waals surface area contributed by atoms with Gasteiger partial charge in [-0.25, -0.2) is 9.97 Å². The van der Waals surface area contributed by atoms with Gasteiger partial charge in [0.1, 0.15) is 23.7 Å². The normalized spacial score (nSPS) is 28.1. The summed E-state index contributed by atoms with van der Waals surface area (Å²) < 4.78 is 0. The fourth-order valence-corrected chi connectivity index (χ4v) is 1.68. The molecule has 1 aliphatic rings. The molecule has 0 bridgehead atoms. The van der Waals surface area contributed by atoms with Crippen LogP contribution in [0.2, 0.25) is 0 Å². The summed E-state index contributed by atoms with van der Waals surface area (Å²) in [7, 11) is 0. The molecule has 0 radical (unpaired) electrons. The molecule has 1 fully saturated rings. The van der Waals surface area contributed by atoms with Crippen LogP contribution in [0.15, 0.2) is 12.4 Å². The van der Waals surface area contributed by atoms with Gasteiger partial charge in [-0.05, 0) is 12.5 Å². The molecule has 1 N–H and O–H groups in total. The third-order valence-electron chi connectivity index (χ3n) is 2.90. The summed E-state index contributed by atoms with van der Waals surface area (Å²) in [6.07, 6.45) is 2.00. The van der Waals surface area contributed by atoms with E-state index < -0.39 is 5.60 Å². The molecule has 4 heteroatoms. The molecule has 1 aromatic rings. The van der Waals surface area contributed by atoms with Crippen molar-refractivity contribution in [3.8, 4) is 6.07 Å². The number of nitrogens with zero attached hydrogens (tertiary/aromatic N) is 3. The molecular formula is C10H11N3O. The topological polar surface area (TPSA) is 69.8 Å². The molecule has 1 heterocycles. The number of aromatic nitrogens is 2. The fraction of sp³-hybridized carbons (Fsp3) is 0.500. The van der Waals surface area contributed by atoms with E-state index in [2.05, 4.69) is 9.97 Å². The van der Waals surface area contributed by atoms with Crippen LogP contribution < -0.4 is 0 Å². The molecule has 0 spiro atoms. The fourth-order valence-electron chi connectivity index (χ4n) is 1.68. The van der Waals surface area contributed by atoms with E-state index in [4.69, 9.17) is 5.26 Å². The van der Waals surface area contributed by atoms with Crippen LogP contribution in [0.5, 0.6) is 0 Å². The zero-order chi connectivity index (χ0) is 10.4. The highest BCUT2D eigenvalue weighted by atomic mass is 16.3. The second-order valence-electron chi connectivity index (χ2n) is 4.32. The second-order valence-corrected chi connectivity index (χ2v) is 4.32. The summed E-state index contributed by atoms with van der Waals surface area (Å²) in [5.41, 5.74) is -0.171. The zero-order valence-corrected chi connectivity index (χ0v) is 8.15. The van der Waals surface area contributed by atoms with Gasteiger partial charge in [-0.15, -0.1) is 0 Å². The molecule has 1 saturated carbocycles. The maximum absolute atomic E-state index is 10.1. The molecule has 2 rings (SSSR count). The Morgan fingerprint density at radius 1 is 1.50 bits per heavy atom. The van der Waals surface area contributed by atoms with Gasteiger partial charge in [-0.1, -0.05) is 13.8 Å². The molecule has 1 aliphatic carbocycles. The summed E-state index contributed by atoms with van der Waals surface area (Å²) in [5.74, 6) is 0. The largest absolute Gasteiger partial charge is 0.383 e. The van der Waals surface area contributed by atoms with E-state index >= 15 is 0 Å². The summed E-state index contributed by atoms with van der Waals surface area (Å²) in [5, 5.41) is 18.8. The van der Waals surface area contributed by atoms with Crippen molar-refractivity contribution in [3.63, 3.8) is 0 Å². The first-order valence-electron chi connectivity index (χ1n) is 4.45. The van der Waals surface area contributed by atoms with E-state index in [9.17, 15) is 5.11 Å². The minimum atomic E-state index is -0.873. The van der Waals surface area contributed by atoms with Crippen molar-refractivity contribution < 1.29 is 5.11 Å². The van der Waals surface area contributed by atoms with Crippen molar-refractivity contribution in [1.82, 2.24) is 9.97 Å². The third-order valence-corrected chi connectivity index (χ3v) is 2.90. The van der Waals surface area contributed by atoms with E-state index in [0.717, 1.165) is 0 Å². The molecule has 0 aromatic carbocycles. The molecule has 4 nitrogen and oxygen atoms in total. The molecule has 0 amide bonds. The Labute approximate surface area is 82.2 Å². The molecule has 14 heavy (non-hydrogen) atoms. The van der Waals surface area contributed by atoms with E-state index in [0.29, 0.717) is 17.8 Å². The van der Waals surface area contributed by atoms with E-state index in [-0.39, 0.29) is 5.41 Å². The standard InChI is InChI=1S/C10H11N3O/c1-9(2)5-10(9,14)8-3-7(4-11)12-6-13-8/h3,6,14H,5H2,1-2H3. The average molecular weight is 189 g/mol. The van der Waals surface area contributed by atoms with Gasteiger partial charge < -0.3 is 5.11 Å². The Balaban J connectivity index is 2.41. The molecule has 1 atom stereocenters. The summed E-state index contributed by atoms with van der Waals surface area (Å²) in [4.78, 5) is 7.77. The predicted octanol–water partition coefficient (Wildman–Crippen LogP) is 0.966. The highest BCUT2D eigenvalue weighted by molar-refractivity contribution is 5.31. The molecule has 72 valence electrons. The van der Waals surface area contributed by atoms with E-state index in [1.807, 2.05) is 19.9 Å². The maximum Gasteiger partial charge on any atom is 0.144 e. The van der Waals surface area contributed by atoms with Crippen LogP contribution in [0.1, 0.15) is 31.7 Å². The average Bonchev–Trinajstić information content (AvgIpc) is 2.68. The van der Waals surface area contributed by atoms with Crippen LogP contribution in [0.25, 0.3) is 0 Å². The van der Waals surface area contributed by atoms with Gasteiger partial charge in [0.2, 0.25) is 0 Å². The van der Waals surface area contributed by atoms with Crippen molar-refractivity contribution in [3.05, 3.63) is 23.8 Å². The first-order chi connectivity index (χ1) is 6.49. The van der Waals surface area contributed by atoms with Gasteiger partial charge in [-0.2, -0.15) is 5.26 Å². The van der Waals surface area contributed by atoms with Crippen molar-refractivity contribution in [2.75, 3.05) is 0 Å². The quantitative estimate of drug-likeness (QED) is 0.714. The summed E-state index contributed by atoms with van der Waals surface area (Å²) >= 11 is 0. The number of hydrogen-bond donors (Lipinski definition) is 1. The smallest absolute Gasteiger partial charge is 0.144 e. The predicted molar refractivity (Wildman–Crippen MR) is 49.0 cm³/mol. The molecule has 1 aromatic heterocycles. The van der Waals surface area contributed by atoms with Crippen molar-refractivity contribution in [2.24, 2.45) is 5.41 Å². The van der Waals surface area contributed by atoms with E-state index in [1.54, 1.807) is 6.07 Å². The van der Waals surface area contributed by atoms with Gasteiger partial charge in [0.25, 0.3) is 0 Å². The van der Waals surface area contributed by atoms with Crippen LogP contribution in [0.3, 0.4) is 0 Å². The van der Waals surface area contributed by atoms with Gasteiger partial charge >= 0.3 is 0 Å². The van der Waals surface area contributed by atoms with Crippen molar-refractivity contribution in [1.29, 1.82) is 5.26 Å². The van der Waals surface area contributed by atoms with Crippen molar-refractivity contribution >= 4 is 0 Å². The minimum absolute atomic E-state index is 0.145. The Hall–Kier alpha value is -1.47. The second kappa shape index (κ2) is 2.52. The molecule has 0 aliphatic heterocycles. The molecule has 1 unspecified atom stereocenters. The van der Waals surface area contributed by atoms with Gasteiger partial charge in [-0.3, -0.25) is 0 Å². The van der Waals surface area contributed by atoms with Gasteiger partial charge in [0.15, 0.2) is 0 Å². The van der Waals surface area contributed by atoms with Crippen LogP contribution >= 0.6 is 0 Å². The van der Waals surface area contributed by atoms with E-state index in [1.165, 1.54) is 6.33 Å². The first kappa shape index (κ1) is 9.10. The molecule has 0 saturated heterocycles. The lowest BCUT2D eigenvalue weighted by Crippen LogP contribution is -2.15. The lowest BCUT2D eigenvalue weighted by Gasteiger charge is -2.12.